The van der Waals surface area contributed by atoms with Crippen LogP contribution in [0, 0.1) is 19.8 Å². The molecule has 2 aromatic rings. The van der Waals surface area contributed by atoms with E-state index in [9.17, 15) is 4.79 Å². The number of methoxy groups -OCH3 is 1. The number of aromatic nitrogens is 3. The summed E-state index contributed by atoms with van der Waals surface area (Å²) in [6.07, 6.45) is 1.58. The van der Waals surface area contributed by atoms with Crippen LogP contribution >= 0.6 is 0 Å². The fourth-order valence-electron chi connectivity index (χ4n) is 2.50. The molecule has 136 valence electrons. The van der Waals surface area contributed by atoms with Gasteiger partial charge < -0.3 is 15.4 Å². The number of carbonyl (C=O) groups excluding carboxylic acids is 1. The topological polar surface area (TPSA) is 81.1 Å². The Morgan fingerprint density at radius 2 is 2.16 bits per heavy atom. The third kappa shape index (κ3) is 5.86. The van der Waals surface area contributed by atoms with Crippen molar-refractivity contribution in [2.75, 3.05) is 32.1 Å². The van der Waals surface area contributed by atoms with Gasteiger partial charge in [-0.05, 0) is 38.0 Å². The van der Waals surface area contributed by atoms with Crippen LogP contribution in [0.25, 0.3) is 0 Å². The first-order valence-electron chi connectivity index (χ1n) is 8.47. The van der Waals surface area contributed by atoms with E-state index >= 15 is 0 Å². The zero-order valence-corrected chi connectivity index (χ0v) is 15.4. The van der Waals surface area contributed by atoms with Crippen LogP contribution in [0.3, 0.4) is 0 Å². The predicted molar refractivity (Wildman–Crippen MR) is 97.8 cm³/mol. The highest BCUT2D eigenvalue weighted by atomic mass is 16.5. The van der Waals surface area contributed by atoms with Gasteiger partial charge in [0.05, 0.1) is 17.9 Å². The third-order valence-corrected chi connectivity index (χ3v) is 3.84. The second kappa shape index (κ2) is 9.17. The Balaban J connectivity index is 1.80. The molecule has 0 fully saturated rings. The normalized spacial score (nSPS) is 12.0. The molecule has 1 atom stereocenters. The molecule has 0 aromatic carbocycles. The van der Waals surface area contributed by atoms with E-state index < -0.39 is 0 Å². The molecule has 2 aromatic heterocycles. The van der Waals surface area contributed by atoms with Crippen molar-refractivity contribution in [3.8, 4) is 0 Å². The number of nitrogens with one attached hydrogen (secondary N) is 2. The number of hydrogen-bond acceptors (Lipinski definition) is 5. The second-order valence-electron chi connectivity index (χ2n) is 6.28. The summed E-state index contributed by atoms with van der Waals surface area (Å²) in [6, 6.07) is 5.67. The number of rotatable bonds is 9. The highest BCUT2D eigenvalue weighted by Crippen LogP contribution is 2.09. The molecule has 0 spiro atoms. The molecule has 0 aliphatic heterocycles. The molecule has 1 unspecified atom stereocenters. The summed E-state index contributed by atoms with van der Waals surface area (Å²) in [7, 11) is 1.60. The molecular formula is C18H27N5O2. The average molecular weight is 345 g/mol. The van der Waals surface area contributed by atoms with Crippen molar-refractivity contribution in [2.45, 2.75) is 27.3 Å². The molecule has 0 aliphatic rings. The summed E-state index contributed by atoms with van der Waals surface area (Å²) >= 11 is 0. The van der Waals surface area contributed by atoms with Crippen molar-refractivity contribution in [3.05, 3.63) is 41.3 Å². The van der Waals surface area contributed by atoms with Crippen LogP contribution in [-0.2, 0) is 11.3 Å². The summed E-state index contributed by atoms with van der Waals surface area (Å²) in [5.41, 5.74) is 2.75. The van der Waals surface area contributed by atoms with Crippen molar-refractivity contribution in [1.29, 1.82) is 0 Å². The molecule has 25 heavy (non-hydrogen) atoms. The van der Waals surface area contributed by atoms with Crippen LogP contribution in [0.2, 0.25) is 0 Å². The fraction of sp³-hybridized carbons (Fsp3) is 0.500. The number of nitrogens with zero attached hydrogens (tertiary/aromatic N) is 3. The predicted octanol–water partition coefficient (Wildman–Crippen LogP) is 2.02. The van der Waals surface area contributed by atoms with Crippen molar-refractivity contribution in [2.24, 2.45) is 5.92 Å². The van der Waals surface area contributed by atoms with Gasteiger partial charge in [0.25, 0.3) is 5.91 Å². The van der Waals surface area contributed by atoms with Crippen LogP contribution in [0.1, 0.15) is 28.7 Å². The molecule has 2 heterocycles. The van der Waals surface area contributed by atoms with Gasteiger partial charge in [-0.25, -0.2) is 4.98 Å². The molecule has 7 nitrogen and oxygen atoms in total. The Morgan fingerprint density at radius 3 is 2.76 bits per heavy atom. The molecule has 2 rings (SSSR count). The molecule has 0 saturated carbocycles. The summed E-state index contributed by atoms with van der Waals surface area (Å²) in [4.78, 5) is 16.2. The lowest BCUT2D eigenvalue weighted by Crippen LogP contribution is -2.27. The molecule has 0 bridgehead atoms. The van der Waals surface area contributed by atoms with Crippen LogP contribution < -0.4 is 10.6 Å². The zero-order valence-electron chi connectivity index (χ0n) is 15.4. The van der Waals surface area contributed by atoms with Gasteiger partial charge in [0.1, 0.15) is 5.82 Å². The number of aryl methyl sites for hydroxylation is 2. The Morgan fingerprint density at radius 1 is 1.36 bits per heavy atom. The van der Waals surface area contributed by atoms with Gasteiger partial charge >= 0.3 is 0 Å². The number of carbonyl (C=O) groups is 1. The van der Waals surface area contributed by atoms with E-state index in [-0.39, 0.29) is 5.91 Å². The Hall–Kier alpha value is -2.41. The summed E-state index contributed by atoms with van der Waals surface area (Å²) in [5, 5.41) is 10.6. The van der Waals surface area contributed by atoms with Crippen molar-refractivity contribution < 1.29 is 9.53 Å². The third-order valence-electron chi connectivity index (χ3n) is 3.84. The van der Waals surface area contributed by atoms with E-state index in [4.69, 9.17) is 4.74 Å². The molecule has 1 amide bonds. The number of amides is 1. The van der Waals surface area contributed by atoms with Gasteiger partial charge in [-0.3, -0.25) is 9.48 Å². The Bertz CT molecular complexity index is 681. The second-order valence-corrected chi connectivity index (χ2v) is 6.28. The van der Waals surface area contributed by atoms with Crippen molar-refractivity contribution in [1.82, 2.24) is 20.1 Å². The Labute approximate surface area is 148 Å². The maximum absolute atomic E-state index is 11.9. The first-order chi connectivity index (χ1) is 12.0. The number of hydrogen-bond donors (Lipinski definition) is 2. The van der Waals surface area contributed by atoms with E-state index in [1.165, 1.54) is 5.69 Å². The standard InChI is InChI=1S/C18H27N5O2/c1-13(12-23-15(3)9-14(2)22-23)10-20-17-6-5-16(11-21-17)18(24)19-7-8-25-4/h5-6,9,11,13H,7-8,10,12H2,1-4H3,(H,19,24)(H,20,21). The lowest BCUT2D eigenvalue weighted by Gasteiger charge is -2.14. The van der Waals surface area contributed by atoms with Crippen LogP contribution in [0.5, 0.6) is 0 Å². The maximum atomic E-state index is 11.9. The van der Waals surface area contributed by atoms with E-state index in [0.717, 1.165) is 24.6 Å². The van der Waals surface area contributed by atoms with Crippen molar-refractivity contribution >= 4 is 11.7 Å². The quantitative estimate of drug-likeness (QED) is 0.680. The van der Waals surface area contributed by atoms with Crippen LogP contribution in [-0.4, -0.2) is 47.5 Å². The van der Waals surface area contributed by atoms with E-state index in [1.54, 1.807) is 19.4 Å². The lowest BCUT2D eigenvalue weighted by atomic mass is 10.2. The summed E-state index contributed by atoms with van der Waals surface area (Å²) in [6.45, 7) is 8.85. The van der Waals surface area contributed by atoms with Gasteiger partial charge in [-0.2, -0.15) is 5.10 Å². The molecule has 7 heteroatoms. The number of anilines is 1. The first-order valence-corrected chi connectivity index (χ1v) is 8.47. The van der Waals surface area contributed by atoms with E-state index in [1.807, 2.05) is 17.7 Å². The van der Waals surface area contributed by atoms with Crippen molar-refractivity contribution in [3.63, 3.8) is 0 Å². The number of pyridine rings is 1. The molecular weight excluding hydrogens is 318 g/mol. The summed E-state index contributed by atoms with van der Waals surface area (Å²) in [5.74, 6) is 1.01. The summed E-state index contributed by atoms with van der Waals surface area (Å²) < 4.78 is 6.94. The van der Waals surface area contributed by atoms with Gasteiger partial charge in [-0.15, -0.1) is 0 Å². The molecule has 0 aliphatic carbocycles. The molecule has 0 saturated heterocycles. The van der Waals surface area contributed by atoms with Gasteiger partial charge in [0.15, 0.2) is 0 Å². The zero-order chi connectivity index (χ0) is 18.2. The Kier molecular flexibility index (Phi) is 6.94. The minimum absolute atomic E-state index is 0.144. The SMILES string of the molecule is COCCNC(=O)c1ccc(NCC(C)Cn2nc(C)cc2C)nc1. The maximum Gasteiger partial charge on any atom is 0.252 e. The average Bonchev–Trinajstić information content (AvgIpc) is 2.90. The van der Waals surface area contributed by atoms with Gasteiger partial charge in [-0.1, -0.05) is 6.92 Å². The first kappa shape index (κ1) is 18.9. The van der Waals surface area contributed by atoms with E-state index in [2.05, 4.69) is 40.6 Å². The minimum atomic E-state index is -0.144. The molecule has 2 N–H and O–H groups in total. The number of ether oxygens (including phenoxy) is 1. The lowest BCUT2D eigenvalue weighted by molar-refractivity contribution is 0.0937. The minimum Gasteiger partial charge on any atom is -0.383 e. The van der Waals surface area contributed by atoms with Crippen LogP contribution in [0.15, 0.2) is 24.4 Å². The fourth-order valence-corrected chi connectivity index (χ4v) is 2.50. The molecule has 0 radical (unpaired) electrons. The monoisotopic (exact) mass is 345 g/mol. The smallest absolute Gasteiger partial charge is 0.252 e. The van der Waals surface area contributed by atoms with Crippen LogP contribution in [0.4, 0.5) is 5.82 Å². The highest BCUT2D eigenvalue weighted by molar-refractivity contribution is 5.94. The largest absolute Gasteiger partial charge is 0.383 e. The highest BCUT2D eigenvalue weighted by Gasteiger charge is 2.09. The van der Waals surface area contributed by atoms with Gasteiger partial charge in [0.2, 0.25) is 0 Å². The van der Waals surface area contributed by atoms with E-state index in [0.29, 0.717) is 24.6 Å². The van der Waals surface area contributed by atoms with Gasteiger partial charge in [0, 0.05) is 38.6 Å².